The Morgan fingerprint density at radius 3 is 2.86 bits per heavy atom. The zero-order valence-electron chi connectivity index (χ0n) is 12.7. The predicted octanol–water partition coefficient (Wildman–Crippen LogP) is 3.98. The lowest BCUT2D eigenvalue weighted by Gasteiger charge is -2.35. The second kappa shape index (κ2) is 6.23. The molecule has 1 saturated heterocycles. The second-order valence-electron chi connectivity index (χ2n) is 6.69. The molecule has 1 heterocycles. The van der Waals surface area contributed by atoms with Crippen LogP contribution in [0.25, 0.3) is 0 Å². The number of halogens is 2. The molecule has 0 amide bonds. The summed E-state index contributed by atoms with van der Waals surface area (Å²) in [6, 6.07) is 5.51. The highest BCUT2D eigenvalue weighted by atomic mass is 35.5. The number of hydrogen-bond acceptors (Lipinski definition) is 2. The molecule has 3 rings (SSSR count). The second-order valence-corrected chi connectivity index (χ2v) is 7.13. The van der Waals surface area contributed by atoms with Crippen LogP contribution in [0.2, 0.25) is 5.02 Å². The highest BCUT2D eigenvalue weighted by molar-refractivity contribution is 6.30. The summed E-state index contributed by atoms with van der Waals surface area (Å²) in [6.07, 6.45) is 6.24. The van der Waals surface area contributed by atoms with Gasteiger partial charge in [0.05, 0.1) is 0 Å². The molecule has 0 radical (unpaired) electrons. The van der Waals surface area contributed by atoms with Crippen LogP contribution >= 0.6 is 11.6 Å². The number of rotatable bonds is 2. The summed E-state index contributed by atoms with van der Waals surface area (Å²) in [5.41, 5.74) is 1.01. The van der Waals surface area contributed by atoms with E-state index in [0.717, 1.165) is 25.1 Å². The van der Waals surface area contributed by atoms with Crippen LogP contribution in [0.4, 0.5) is 4.39 Å². The monoisotopic (exact) mass is 310 g/mol. The van der Waals surface area contributed by atoms with Crippen molar-refractivity contribution in [3.05, 3.63) is 34.6 Å². The minimum atomic E-state index is -0.188. The van der Waals surface area contributed by atoms with Crippen molar-refractivity contribution in [2.24, 2.45) is 0 Å². The molecule has 2 aliphatic rings. The maximum absolute atomic E-state index is 14.1. The van der Waals surface area contributed by atoms with E-state index in [2.05, 4.69) is 17.1 Å². The van der Waals surface area contributed by atoms with Crippen LogP contribution in [0.1, 0.15) is 44.6 Å². The topological polar surface area (TPSA) is 15.3 Å². The molecular weight excluding hydrogens is 287 g/mol. The highest BCUT2D eigenvalue weighted by Gasteiger charge is 2.38. The molecule has 116 valence electrons. The van der Waals surface area contributed by atoms with Crippen LogP contribution in [0.3, 0.4) is 0 Å². The van der Waals surface area contributed by atoms with Gasteiger partial charge in [0.1, 0.15) is 5.82 Å². The summed E-state index contributed by atoms with van der Waals surface area (Å²) in [5, 5.41) is 4.24. The Labute approximate surface area is 131 Å². The zero-order chi connectivity index (χ0) is 14.9. The maximum Gasteiger partial charge on any atom is 0.129 e. The predicted molar refractivity (Wildman–Crippen MR) is 85.1 cm³/mol. The summed E-state index contributed by atoms with van der Waals surface area (Å²) >= 11 is 5.85. The molecule has 4 heteroatoms. The van der Waals surface area contributed by atoms with Crippen LogP contribution in [0.15, 0.2) is 18.2 Å². The molecule has 1 spiro atoms. The quantitative estimate of drug-likeness (QED) is 0.889. The van der Waals surface area contributed by atoms with Gasteiger partial charge in [-0.1, -0.05) is 30.5 Å². The molecule has 1 atom stereocenters. The van der Waals surface area contributed by atoms with Crippen LogP contribution in [-0.4, -0.2) is 29.6 Å². The molecule has 1 aliphatic heterocycles. The molecule has 1 saturated carbocycles. The maximum atomic E-state index is 14.1. The first-order valence-corrected chi connectivity index (χ1v) is 8.39. The Hall–Kier alpha value is -0.640. The number of nitrogens with one attached hydrogen (secondary N) is 1. The van der Waals surface area contributed by atoms with Gasteiger partial charge in [-0.2, -0.15) is 0 Å². The van der Waals surface area contributed by atoms with Gasteiger partial charge in [0.2, 0.25) is 0 Å². The normalized spacial score (nSPS) is 26.1. The fourth-order valence-electron chi connectivity index (χ4n) is 3.80. The van der Waals surface area contributed by atoms with E-state index in [1.165, 1.54) is 31.7 Å². The van der Waals surface area contributed by atoms with Crippen LogP contribution in [-0.2, 0) is 6.54 Å². The molecule has 2 nitrogen and oxygen atoms in total. The molecule has 0 bridgehead atoms. The molecule has 21 heavy (non-hydrogen) atoms. The van der Waals surface area contributed by atoms with Crippen molar-refractivity contribution >= 4 is 11.6 Å². The first-order chi connectivity index (χ1) is 10.1. The number of benzene rings is 1. The van der Waals surface area contributed by atoms with Crippen molar-refractivity contribution < 1.29 is 4.39 Å². The average Bonchev–Trinajstić information content (AvgIpc) is 2.83. The molecular formula is C17H24ClFN2. The third kappa shape index (κ3) is 3.41. The molecule has 0 aromatic heterocycles. The molecule has 2 fully saturated rings. The van der Waals surface area contributed by atoms with Crippen molar-refractivity contribution in [2.45, 2.75) is 57.2 Å². The van der Waals surface area contributed by atoms with Gasteiger partial charge in [0.25, 0.3) is 0 Å². The first kappa shape index (κ1) is 15.3. The van der Waals surface area contributed by atoms with E-state index < -0.39 is 0 Å². The summed E-state index contributed by atoms with van der Waals surface area (Å²) in [6.45, 7) is 5.02. The van der Waals surface area contributed by atoms with Gasteiger partial charge in [-0.3, -0.25) is 4.90 Å². The molecule has 1 aromatic carbocycles. The van der Waals surface area contributed by atoms with E-state index in [1.807, 2.05) is 6.07 Å². The van der Waals surface area contributed by atoms with Gasteiger partial charge in [-0.05, 0) is 44.9 Å². The number of nitrogens with zero attached hydrogens (tertiary/aromatic N) is 1. The molecule has 1 aromatic rings. The zero-order valence-corrected chi connectivity index (χ0v) is 13.4. The Morgan fingerprint density at radius 1 is 1.38 bits per heavy atom. The Morgan fingerprint density at radius 2 is 2.14 bits per heavy atom. The van der Waals surface area contributed by atoms with E-state index in [4.69, 9.17) is 11.6 Å². The Balaban J connectivity index is 1.77. The van der Waals surface area contributed by atoms with Gasteiger partial charge in [0, 0.05) is 35.3 Å². The minimum Gasteiger partial charge on any atom is -0.310 e. The lowest BCUT2D eigenvalue weighted by Crippen LogP contribution is -2.50. The van der Waals surface area contributed by atoms with E-state index in [0.29, 0.717) is 17.6 Å². The first-order valence-electron chi connectivity index (χ1n) is 8.01. The van der Waals surface area contributed by atoms with Gasteiger partial charge in [0.15, 0.2) is 0 Å². The Bertz CT molecular complexity index is 500. The van der Waals surface area contributed by atoms with E-state index in [9.17, 15) is 4.39 Å². The van der Waals surface area contributed by atoms with Crippen molar-refractivity contribution in [1.29, 1.82) is 0 Å². The van der Waals surface area contributed by atoms with Gasteiger partial charge >= 0.3 is 0 Å². The average molecular weight is 311 g/mol. The molecule has 1 aliphatic carbocycles. The number of hydrogen-bond donors (Lipinski definition) is 1. The largest absolute Gasteiger partial charge is 0.310 e. The van der Waals surface area contributed by atoms with E-state index in [-0.39, 0.29) is 11.4 Å². The van der Waals surface area contributed by atoms with Crippen molar-refractivity contribution in [3.63, 3.8) is 0 Å². The highest BCUT2D eigenvalue weighted by Crippen LogP contribution is 2.33. The SMILES string of the molecule is CC1CCNC2(CCCC2)CN1Cc1ccc(Cl)cc1F. The van der Waals surface area contributed by atoms with Gasteiger partial charge in [-0.25, -0.2) is 4.39 Å². The summed E-state index contributed by atoms with van der Waals surface area (Å²) in [5.74, 6) is -0.188. The Kier molecular flexibility index (Phi) is 4.53. The summed E-state index contributed by atoms with van der Waals surface area (Å²) in [4.78, 5) is 2.44. The van der Waals surface area contributed by atoms with Gasteiger partial charge in [-0.15, -0.1) is 0 Å². The van der Waals surface area contributed by atoms with Crippen LogP contribution < -0.4 is 5.32 Å². The van der Waals surface area contributed by atoms with Crippen LogP contribution in [0.5, 0.6) is 0 Å². The molecule has 1 unspecified atom stereocenters. The van der Waals surface area contributed by atoms with E-state index >= 15 is 0 Å². The van der Waals surface area contributed by atoms with Crippen molar-refractivity contribution in [1.82, 2.24) is 10.2 Å². The summed E-state index contributed by atoms with van der Waals surface area (Å²) < 4.78 is 14.1. The minimum absolute atomic E-state index is 0.188. The van der Waals surface area contributed by atoms with Crippen molar-refractivity contribution in [2.75, 3.05) is 13.1 Å². The third-order valence-electron chi connectivity index (χ3n) is 5.14. The smallest absolute Gasteiger partial charge is 0.129 e. The lowest BCUT2D eigenvalue weighted by molar-refractivity contribution is 0.158. The molecule has 1 N–H and O–H groups in total. The van der Waals surface area contributed by atoms with Gasteiger partial charge < -0.3 is 5.32 Å². The van der Waals surface area contributed by atoms with Crippen molar-refractivity contribution in [3.8, 4) is 0 Å². The third-order valence-corrected chi connectivity index (χ3v) is 5.38. The fraction of sp³-hybridized carbons (Fsp3) is 0.647. The fourth-order valence-corrected chi connectivity index (χ4v) is 3.96. The lowest BCUT2D eigenvalue weighted by atomic mass is 9.96. The van der Waals surface area contributed by atoms with Crippen LogP contribution in [0, 0.1) is 5.82 Å². The van der Waals surface area contributed by atoms with E-state index in [1.54, 1.807) is 6.07 Å². The summed E-state index contributed by atoms with van der Waals surface area (Å²) in [7, 11) is 0. The standard InChI is InChI=1S/C17H24ClFN2/c1-13-6-9-20-17(7-2-3-8-17)12-21(13)11-14-4-5-15(18)10-16(14)19/h4-5,10,13,20H,2-3,6-9,11-12H2,1H3.